The molecular weight excluding hydrogens is 326 g/mol. The van der Waals surface area contributed by atoms with Crippen molar-refractivity contribution in [2.75, 3.05) is 0 Å². The van der Waals surface area contributed by atoms with Crippen LogP contribution in [0.2, 0.25) is 0 Å². The molecule has 0 radical (unpaired) electrons. The lowest BCUT2D eigenvalue weighted by Gasteiger charge is -2.18. The molecule has 0 aromatic heterocycles. The van der Waals surface area contributed by atoms with E-state index < -0.39 is 12.1 Å². The maximum absolute atomic E-state index is 11.9. The zero-order chi connectivity index (χ0) is 15.3. The molecule has 0 bridgehead atoms. The topological polar surface area (TPSA) is 75.6 Å². The number of amides is 1. The first-order valence-electron chi connectivity index (χ1n) is 6.35. The van der Waals surface area contributed by atoms with Crippen molar-refractivity contribution in [2.24, 2.45) is 0 Å². The molecule has 0 saturated heterocycles. The average Bonchev–Trinajstić information content (AvgIpc) is 2.38. The summed E-state index contributed by atoms with van der Waals surface area (Å²) in [4.78, 5) is 23.0. The van der Waals surface area contributed by atoms with Gasteiger partial charge < -0.3 is 15.2 Å². The Labute approximate surface area is 126 Å². The maximum atomic E-state index is 11.9. The van der Waals surface area contributed by atoms with E-state index in [9.17, 15) is 9.59 Å². The van der Waals surface area contributed by atoms with Crippen molar-refractivity contribution in [1.29, 1.82) is 0 Å². The first kappa shape index (κ1) is 16.5. The van der Waals surface area contributed by atoms with Gasteiger partial charge >= 0.3 is 5.97 Å². The normalized spacial score (nSPS) is 13.4. The molecule has 0 fully saturated rings. The summed E-state index contributed by atoms with van der Waals surface area (Å²) in [6.45, 7) is 5.45. The number of nitrogens with one attached hydrogen (secondary N) is 1. The molecule has 0 heterocycles. The Morgan fingerprint density at radius 3 is 2.60 bits per heavy atom. The summed E-state index contributed by atoms with van der Waals surface area (Å²) < 4.78 is 6.16. The van der Waals surface area contributed by atoms with Crippen LogP contribution in [0.3, 0.4) is 0 Å². The van der Waals surface area contributed by atoms with Crippen LogP contribution in [0.5, 0.6) is 5.75 Å². The summed E-state index contributed by atoms with van der Waals surface area (Å²) in [6.07, 6.45) is 0.0480. The van der Waals surface area contributed by atoms with Gasteiger partial charge in [0.05, 0.1) is 0 Å². The number of carbonyl (C=O) groups excluding carboxylic acids is 1. The smallest absolute Gasteiger partial charge is 0.339 e. The van der Waals surface area contributed by atoms with Gasteiger partial charge in [0.15, 0.2) is 6.10 Å². The third-order valence-corrected chi connectivity index (χ3v) is 3.34. The van der Waals surface area contributed by atoms with Crippen molar-refractivity contribution in [3.8, 4) is 5.75 Å². The quantitative estimate of drug-likeness (QED) is 0.832. The van der Waals surface area contributed by atoms with E-state index in [4.69, 9.17) is 9.84 Å². The van der Waals surface area contributed by atoms with E-state index in [2.05, 4.69) is 21.2 Å². The third-order valence-electron chi connectivity index (χ3n) is 2.85. The number of ether oxygens (including phenoxy) is 1. The Balaban J connectivity index is 2.84. The fourth-order valence-corrected chi connectivity index (χ4v) is 1.82. The summed E-state index contributed by atoms with van der Waals surface area (Å²) in [5.41, 5.74) is 0.0244. The van der Waals surface area contributed by atoms with Gasteiger partial charge in [0.25, 0.3) is 5.91 Å². The fraction of sp³-hybridized carbons (Fsp3) is 0.429. The second-order valence-electron chi connectivity index (χ2n) is 4.52. The number of carbonyl (C=O) groups is 2. The van der Waals surface area contributed by atoms with Gasteiger partial charge in [-0.1, -0.05) is 22.9 Å². The SMILES string of the molecule is CCC(C)NC(=O)C(C)Oc1cc(Br)ccc1C(=O)O. The molecule has 1 amide bonds. The highest BCUT2D eigenvalue weighted by atomic mass is 79.9. The summed E-state index contributed by atoms with van der Waals surface area (Å²) in [5.74, 6) is -1.20. The maximum Gasteiger partial charge on any atom is 0.339 e. The number of hydrogen-bond acceptors (Lipinski definition) is 3. The van der Waals surface area contributed by atoms with Crippen LogP contribution in [-0.4, -0.2) is 29.1 Å². The molecule has 0 aliphatic carbocycles. The number of rotatable bonds is 6. The van der Waals surface area contributed by atoms with Crippen LogP contribution in [0.1, 0.15) is 37.6 Å². The number of aromatic carboxylic acids is 1. The standard InChI is InChI=1S/C14H18BrNO4/c1-4-8(2)16-13(17)9(3)20-12-7-10(15)5-6-11(12)14(18)19/h5-9H,4H2,1-3H3,(H,16,17)(H,18,19). The van der Waals surface area contributed by atoms with Crippen molar-refractivity contribution < 1.29 is 19.4 Å². The molecule has 1 rings (SSSR count). The summed E-state index contributed by atoms with van der Waals surface area (Å²) >= 11 is 3.25. The molecule has 0 aliphatic heterocycles. The monoisotopic (exact) mass is 343 g/mol. The van der Waals surface area contributed by atoms with Gasteiger partial charge in [-0.2, -0.15) is 0 Å². The first-order chi connectivity index (χ1) is 9.35. The lowest BCUT2D eigenvalue weighted by molar-refractivity contribution is -0.127. The van der Waals surface area contributed by atoms with E-state index in [1.807, 2.05) is 13.8 Å². The Bertz CT molecular complexity index is 504. The van der Waals surface area contributed by atoms with Crippen LogP contribution in [0.4, 0.5) is 0 Å². The van der Waals surface area contributed by atoms with Crippen molar-refractivity contribution in [3.05, 3.63) is 28.2 Å². The highest BCUT2D eigenvalue weighted by molar-refractivity contribution is 9.10. The lowest BCUT2D eigenvalue weighted by Crippen LogP contribution is -2.41. The number of carboxylic acid groups (broad SMARTS) is 1. The Kier molecular flexibility index (Phi) is 6.01. The fourth-order valence-electron chi connectivity index (χ4n) is 1.48. The molecule has 0 aliphatic rings. The van der Waals surface area contributed by atoms with Crippen molar-refractivity contribution in [3.63, 3.8) is 0 Å². The molecule has 2 N–H and O–H groups in total. The zero-order valence-electron chi connectivity index (χ0n) is 11.6. The van der Waals surface area contributed by atoms with Gasteiger partial charge in [0, 0.05) is 10.5 Å². The van der Waals surface area contributed by atoms with Crippen LogP contribution < -0.4 is 10.1 Å². The summed E-state index contributed by atoms with van der Waals surface area (Å²) in [6, 6.07) is 4.63. The molecule has 2 atom stereocenters. The third kappa shape index (κ3) is 4.52. The first-order valence-corrected chi connectivity index (χ1v) is 7.14. The highest BCUT2D eigenvalue weighted by Crippen LogP contribution is 2.24. The Hall–Kier alpha value is -1.56. The van der Waals surface area contributed by atoms with E-state index >= 15 is 0 Å². The van der Waals surface area contributed by atoms with E-state index in [1.54, 1.807) is 13.0 Å². The molecule has 20 heavy (non-hydrogen) atoms. The number of hydrogen-bond donors (Lipinski definition) is 2. The molecule has 1 aromatic carbocycles. The molecule has 5 nitrogen and oxygen atoms in total. The van der Waals surface area contributed by atoms with Crippen LogP contribution in [0.15, 0.2) is 22.7 Å². The largest absolute Gasteiger partial charge is 0.480 e. The summed E-state index contributed by atoms with van der Waals surface area (Å²) in [5, 5.41) is 11.9. The zero-order valence-corrected chi connectivity index (χ0v) is 13.2. The average molecular weight is 344 g/mol. The number of benzene rings is 1. The number of halogens is 1. The van der Waals surface area contributed by atoms with Crippen LogP contribution >= 0.6 is 15.9 Å². The van der Waals surface area contributed by atoms with Crippen molar-refractivity contribution >= 4 is 27.8 Å². The van der Waals surface area contributed by atoms with Gasteiger partial charge in [0.2, 0.25) is 0 Å². The molecule has 110 valence electrons. The lowest BCUT2D eigenvalue weighted by atomic mass is 10.2. The second-order valence-corrected chi connectivity index (χ2v) is 5.44. The minimum atomic E-state index is -1.10. The van der Waals surface area contributed by atoms with Crippen LogP contribution in [0, 0.1) is 0 Å². The van der Waals surface area contributed by atoms with Crippen molar-refractivity contribution in [2.45, 2.75) is 39.3 Å². The molecular formula is C14H18BrNO4. The van der Waals surface area contributed by atoms with E-state index in [1.165, 1.54) is 12.1 Å². The molecule has 6 heteroatoms. The van der Waals surface area contributed by atoms with Gasteiger partial charge in [-0.25, -0.2) is 4.79 Å². The molecule has 2 unspecified atom stereocenters. The number of carboxylic acids is 1. The van der Waals surface area contributed by atoms with E-state index in [-0.39, 0.29) is 23.3 Å². The Morgan fingerprint density at radius 2 is 2.05 bits per heavy atom. The highest BCUT2D eigenvalue weighted by Gasteiger charge is 2.19. The van der Waals surface area contributed by atoms with Crippen LogP contribution in [0.25, 0.3) is 0 Å². The van der Waals surface area contributed by atoms with Crippen LogP contribution in [-0.2, 0) is 4.79 Å². The predicted octanol–water partition coefficient (Wildman–Crippen LogP) is 2.83. The molecule has 0 spiro atoms. The second kappa shape index (κ2) is 7.28. The molecule has 0 saturated carbocycles. The van der Waals surface area contributed by atoms with Crippen molar-refractivity contribution in [1.82, 2.24) is 5.32 Å². The molecule has 1 aromatic rings. The van der Waals surface area contributed by atoms with Gasteiger partial charge in [0.1, 0.15) is 11.3 Å². The van der Waals surface area contributed by atoms with Gasteiger partial charge in [-0.05, 0) is 38.5 Å². The predicted molar refractivity (Wildman–Crippen MR) is 79.1 cm³/mol. The van der Waals surface area contributed by atoms with Gasteiger partial charge in [-0.15, -0.1) is 0 Å². The van der Waals surface area contributed by atoms with E-state index in [0.29, 0.717) is 4.47 Å². The Morgan fingerprint density at radius 1 is 1.40 bits per heavy atom. The summed E-state index contributed by atoms with van der Waals surface area (Å²) in [7, 11) is 0. The van der Waals surface area contributed by atoms with Gasteiger partial charge in [-0.3, -0.25) is 4.79 Å². The minimum Gasteiger partial charge on any atom is -0.480 e. The van der Waals surface area contributed by atoms with E-state index in [0.717, 1.165) is 6.42 Å². The minimum absolute atomic E-state index is 0.0244.